The molecule has 0 heterocycles. The summed E-state index contributed by atoms with van der Waals surface area (Å²) in [5, 5.41) is 0. The van der Waals surface area contributed by atoms with Crippen molar-refractivity contribution in [1.29, 1.82) is 0 Å². The molecule has 0 spiro atoms. The van der Waals surface area contributed by atoms with Crippen LogP contribution in [-0.2, 0) is 0 Å². The highest BCUT2D eigenvalue weighted by Crippen LogP contribution is 2.21. The van der Waals surface area contributed by atoms with Gasteiger partial charge in [-0.3, -0.25) is 4.99 Å². The van der Waals surface area contributed by atoms with Gasteiger partial charge in [0.05, 0.1) is 7.11 Å². The number of nitrogens with two attached hydrogens (primary N) is 1. The molecule has 0 fully saturated rings. The first-order valence-electron chi connectivity index (χ1n) is 5.14. The normalized spacial score (nSPS) is 12.8. The summed E-state index contributed by atoms with van der Waals surface area (Å²) in [6.45, 7) is 3.92. The van der Waals surface area contributed by atoms with Crippen LogP contribution in [0.3, 0.4) is 0 Å². The summed E-state index contributed by atoms with van der Waals surface area (Å²) in [6, 6.07) is 5.87. The second kappa shape index (κ2) is 5.35. The number of aliphatic imine (C=N–C) groups is 1. The molecule has 3 heteroatoms. The third-order valence-corrected chi connectivity index (χ3v) is 2.45. The maximum atomic E-state index is 5.97. The molecule has 0 aromatic heterocycles. The molecule has 0 aliphatic heterocycles. The van der Waals surface area contributed by atoms with Gasteiger partial charge in [0.15, 0.2) is 0 Å². The van der Waals surface area contributed by atoms with Crippen molar-refractivity contribution in [3.8, 4) is 5.75 Å². The summed E-state index contributed by atoms with van der Waals surface area (Å²) in [4.78, 5) is 4.05. The SMILES string of the molecule is CN=C(C)C=C(N)c1ccc(OC)c(C)c1. The quantitative estimate of drug-likeness (QED) is 0.792. The van der Waals surface area contributed by atoms with E-state index in [-0.39, 0.29) is 0 Å². The molecule has 0 atom stereocenters. The molecule has 0 aliphatic carbocycles. The van der Waals surface area contributed by atoms with Crippen LogP contribution in [0.15, 0.2) is 29.3 Å². The van der Waals surface area contributed by atoms with Gasteiger partial charge in [0.2, 0.25) is 0 Å². The Morgan fingerprint density at radius 3 is 2.62 bits per heavy atom. The van der Waals surface area contributed by atoms with Gasteiger partial charge in [-0.2, -0.15) is 0 Å². The Labute approximate surface area is 96.6 Å². The molecular formula is C13H18N2O. The van der Waals surface area contributed by atoms with Gasteiger partial charge < -0.3 is 10.5 Å². The largest absolute Gasteiger partial charge is 0.496 e. The fraction of sp³-hybridized carbons (Fsp3) is 0.308. The summed E-state index contributed by atoms with van der Waals surface area (Å²) >= 11 is 0. The van der Waals surface area contributed by atoms with Crippen molar-refractivity contribution in [3.63, 3.8) is 0 Å². The van der Waals surface area contributed by atoms with E-state index in [1.54, 1.807) is 14.2 Å². The zero-order valence-corrected chi connectivity index (χ0v) is 10.2. The van der Waals surface area contributed by atoms with Crippen LogP contribution in [0.25, 0.3) is 5.70 Å². The second-order valence-corrected chi connectivity index (χ2v) is 3.65. The van der Waals surface area contributed by atoms with E-state index in [9.17, 15) is 0 Å². The number of hydrogen-bond donors (Lipinski definition) is 1. The van der Waals surface area contributed by atoms with Gasteiger partial charge in [0, 0.05) is 18.5 Å². The molecule has 0 amide bonds. The lowest BCUT2D eigenvalue weighted by Gasteiger charge is -2.07. The number of nitrogens with zero attached hydrogens (tertiary/aromatic N) is 1. The Hall–Kier alpha value is -1.77. The summed E-state index contributed by atoms with van der Waals surface area (Å²) < 4.78 is 5.20. The Kier molecular flexibility index (Phi) is 4.11. The molecule has 0 aliphatic rings. The minimum atomic E-state index is 0.717. The van der Waals surface area contributed by atoms with Crippen LogP contribution in [0.2, 0.25) is 0 Å². The maximum Gasteiger partial charge on any atom is 0.121 e. The van der Waals surface area contributed by atoms with Crippen molar-refractivity contribution in [2.24, 2.45) is 10.7 Å². The summed E-state index contributed by atoms with van der Waals surface area (Å²) in [6.07, 6.45) is 1.86. The van der Waals surface area contributed by atoms with Crippen molar-refractivity contribution in [2.75, 3.05) is 14.2 Å². The molecule has 1 aromatic carbocycles. The van der Waals surface area contributed by atoms with E-state index in [1.165, 1.54) is 0 Å². The van der Waals surface area contributed by atoms with Gasteiger partial charge in [-0.05, 0) is 49.2 Å². The maximum absolute atomic E-state index is 5.97. The van der Waals surface area contributed by atoms with Crippen molar-refractivity contribution >= 4 is 11.4 Å². The topological polar surface area (TPSA) is 47.6 Å². The molecule has 3 nitrogen and oxygen atoms in total. The van der Waals surface area contributed by atoms with Crippen LogP contribution in [0.4, 0.5) is 0 Å². The lowest BCUT2D eigenvalue weighted by molar-refractivity contribution is 0.411. The smallest absolute Gasteiger partial charge is 0.121 e. The molecule has 0 bridgehead atoms. The molecule has 1 rings (SSSR count). The Morgan fingerprint density at radius 1 is 1.44 bits per heavy atom. The lowest BCUT2D eigenvalue weighted by atomic mass is 10.1. The van der Waals surface area contributed by atoms with E-state index in [4.69, 9.17) is 10.5 Å². The summed E-state index contributed by atoms with van der Waals surface area (Å²) in [5.74, 6) is 0.873. The number of benzene rings is 1. The minimum absolute atomic E-state index is 0.717. The van der Waals surface area contributed by atoms with Gasteiger partial charge in [-0.25, -0.2) is 0 Å². The zero-order valence-electron chi connectivity index (χ0n) is 10.2. The number of rotatable bonds is 3. The molecule has 0 unspecified atom stereocenters. The predicted molar refractivity (Wildman–Crippen MR) is 68.9 cm³/mol. The second-order valence-electron chi connectivity index (χ2n) is 3.65. The van der Waals surface area contributed by atoms with Gasteiger partial charge >= 0.3 is 0 Å². The first-order valence-corrected chi connectivity index (χ1v) is 5.14. The van der Waals surface area contributed by atoms with Crippen LogP contribution in [0.1, 0.15) is 18.1 Å². The van der Waals surface area contributed by atoms with Crippen LogP contribution >= 0.6 is 0 Å². The highest BCUT2D eigenvalue weighted by molar-refractivity contribution is 5.98. The van der Waals surface area contributed by atoms with E-state index in [2.05, 4.69) is 4.99 Å². The number of allylic oxidation sites excluding steroid dienone is 1. The van der Waals surface area contributed by atoms with Gasteiger partial charge in [0.1, 0.15) is 5.75 Å². The number of ether oxygens (including phenoxy) is 1. The fourth-order valence-electron chi connectivity index (χ4n) is 1.43. The average molecular weight is 218 g/mol. The van der Waals surface area contributed by atoms with Crippen molar-refractivity contribution in [3.05, 3.63) is 35.4 Å². The van der Waals surface area contributed by atoms with E-state index in [0.29, 0.717) is 5.70 Å². The van der Waals surface area contributed by atoms with Gasteiger partial charge in [0.25, 0.3) is 0 Å². The van der Waals surface area contributed by atoms with Crippen LogP contribution in [0.5, 0.6) is 5.75 Å². The van der Waals surface area contributed by atoms with E-state index < -0.39 is 0 Å². The molecular weight excluding hydrogens is 200 g/mol. The standard InChI is InChI=1S/C13H18N2O/c1-9-7-11(5-6-13(9)16-4)12(14)8-10(2)15-3/h5-8H,14H2,1-4H3. The highest BCUT2D eigenvalue weighted by Gasteiger charge is 2.02. The predicted octanol–water partition coefficient (Wildman–Crippen LogP) is 2.39. The van der Waals surface area contributed by atoms with Gasteiger partial charge in [-0.15, -0.1) is 0 Å². The van der Waals surface area contributed by atoms with Crippen LogP contribution < -0.4 is 10.5 Å². The Bertz CT molecular complexity index is 434. The van der Waals surface area contributed by atoms with E-state index >= 15 is 0 Å². The van der Waals surface area contributed by atoms with Crippen molar-refractivity contribution < 1.29 is 4.74 Å². The monoisotopic (exact) mass is 218 g/mol. The first-order chi connectivity index (χ1) is 7.58. The molecule has 16 heavy (non-hydrogen) atoms. The van der Waals surface area contributed by atoms with Crippen molar-refractivity contribution in [1.82, 2.24) is 0 Å². The molecule has 0 saturated heterocycles. The average Bonchev–Trinajstić information content (AvgIpc) is 2.28. The molecule has 2 N–H and O–H groups in total. The Balaban J connectivity index is 3.06. The fourth-order valence-corrected chi connectivity index (χ4v) is 1.43. The Morgan fingerprint density at radius 2 is 2.12 bits per heavy atom. The number of hydrogen-bond acceptors (Lipinski definition) is 3. The van der Waals surface area contributed by atoms with E-state index in [0.717, 1.165) is 22.6 Å². The third-order valence-electron chi connectivity index (χ3n) is 2.45. The molecule has 86 valence electrons. The highest BCUT2D eigenvalue weighted by atomic mass is 16.5. The minimum Gasteiger partial charge on any atom is -0.496 e. The van der Waals surface area contributed by atoms with Crippen molar-refractivity contribution in [2.45, 2.75) is 13.8 Å². The third kappa shape index (κ3) is 2.86. The summed E-state index contributed by atoms with van der Waals surface area (Å²) in [5.41, 5.74) is 9.66. The summed E-state index contributed by atoms with van der Waals surface area (Å²) in [7, 11) is 3.41. The molecule has 0 saturated carbocycles. The number of methoxy groups -OCH3 is 1. The number of aryl methyl sites for hydroxylation is 1. The lowest BCUT2D eigenvalue weighted by Crippen LogP contribution is -2.00. The molecule has 0 radical (unpaired) electrons. The zero-order chi connectivity index (χ0) is 12.1. The van der Waals surface area contributed by atoms with E-state index in [1.807, 2.05) is 38.1 Å². The molecule has 1 aromatic rings. The van der Waals surface area contributed by atoms with Crippen LogP contribution in [0, 0.1) is 6.92 Å². The first kappa shape index (κ1) is 12.3. The van der Waals surface area contributed by atoms with Crippen LogP contribution in [-0.4, -0.2) is 19.9 Å². The van der Waals surface area contributed by atoms with Gasteiger partial charge in [-0.1, -0.05) is 0 Å².